The van der Waals surface area contributed by atoms with Crippen LogP contribution in [0.25, 0.3) is 0 Å². The van der Waals surface area contributed by atoms with Crippen LogP contribution in [0.3, 0.4) is 0 Å². The lowest BCUT2D eigenvalue weighted by atomic mass is 10.3. The first-order valence-electron chi connectivity index (χ1n) is 6.30. The van der Waals surface area contributed by atoms with Gasteiger partial charge in [0.05, 0.1) is 16.7 Å². The molecule has 96 valence electrons. The second-order valence-electron chi connectivity index (χ2n) is 4.69. The van der Waals surface area contributed by atoms with Crippen molar-refractivity contribution in [1.82, 2.24) is 25.1 Å². The van der Waals surface area contributed by atoms with E-state index in [2.05, 4.69) is 37.4 Å². The maximum atomic E-state index is 4.45. The van der Waals surface area contributed by atoms with E-state index in [1.165, 1.54) is 6.42 Å². The molecular formula is C12H17N5S. The summed E-state index contributed by atoms with van der Waals surface area (Å²) in [6.45, 7) is 6.00. The normalized spacial score (nSPS) is 15.9. The van der Waals surface area contributed by atoms with Gasteiger partial charge in [-0.25, -0.2) is 4.98 Å². The quantitative estimate of drug-likeness (QED) is 0.914. The average Bonchev–Trinajstić information content (AvgIpc) is 3.01. The molecule has 18 heavy (non-hydrogen) atoms. The van der Waals surface area contributed by atoms with Gasteiger partial charge in [0.2, 0.25) is 0 Å². The van der Waals surface area contributed by atoms with E-state index >= 15 is 0 Å². The highest BCUT2D eigenvalue weighted by atomic mass is 32.1. The second kappa shape index (κ2) is 4.78. The number of rotatable bonds is 4. The van der Waals surface area contributed by atoms with Crippen molar-refractivity contribution in [2.45, 2.75) is 45.8 Å². The van der Waals surface area contributed by atoms with Crippen molar-refractivity contribution in [2.75, 3.05) is 0 Å². The zero-order chi connectivity index (χ0) is 12.5. The van der Waals surface area contributed by atoms with E-state index in [0.717, 1.165) is 41.9 Å². The highest BCUT2D eigenvalue weighted by Gasteiger charge is 2.20. The van der Waals surface area contributed by atoms with Crippen LogP contribution in [-0.2, 0) is 19.5 Å². The van der Waals surface area contributed by atoms with Crippen molar-refractivity contribution in [3.63, 3.8) is 0 Å². The number of nitrogens with zero attached hydrogens (tertiary/aromatic N) is 4. The van der Waals surface area contributed by atoms with Crippen molar-refractivity contribution in [2.24, 2.45) is 0 Å². The number of fused-ring (bicyclic) bond motifs is 1. The molecule has 0 fully saturated rings. The predicted octanol–water partition coefficient (Wildman–Crippen LogP) is 1.84. The van der Waals surface area contributed by atoms with Crippen LogP contribution >= 0.6 is 11.3 Å². The lowest BCUT2D eigenvalue weighted by Crippen LogP contribution is -2.21. The van der Waals surface area contributed by atoms with Crippen LogP contribution in [-0.4, -0.2) is 19.7 Å². The van der Waals surface area contributed by atoms with Crippen molar-refractivity contribution in [1.29, 1.82) is 0 Å². The first-order valence-corrected chi connectivity index (χ1v) is 7.18. The van der Waals surface area contributed by atoms with Crippen LogP contribution in [0.15, 0.2) is 5.38 Å². The van der Waals surface area contributed by atoms with E-state index in [4.69, 9.17) is 0 Å². The molecule has 0 aromatic carbocycles. The fourth-order valence-electron chi connectivity index (χ4n) is 2.33. The van der Waals surface area contributed by atoms with Crippen LogP contribution in [0.1, 0.15) is 41.7 Å². The molecule has 2 aromatic heterocycles. The highest BCUT2D eigenvalue weighted by Crippen LogP contribution is 2.19. The standard InChI is InChI=1S/C12H17N5S/c1-8(13-6-10-7-18-9(2)14-10)12-16-15-11-4-3-5-17(11)12/h7-8,13H,3-6H2,1-2H3. The SMILES string of the molecule is Cc1nc(CNC(C)c2nnc3n2CCC3)cs1. The number of nitrogens with one attached hydrogen (secondary N) is 1. The molecule has 1 unspecified atom stereocenters. The molecule has 0 amide bonds. The highest BCUT2D eigenvalue weighted by molar-refractivity contribution is 7.09. The Labute approximate surface area is 110 Å². The lowest BCUT2D eigenvalue weighted by Gasteiger charge is -2.12. The largest absolute Gasteiger partial charge is 0.314 e. The maximum Gasteiger partial charge on any atom is 0.149 e. The van der Waals surface area contributed by atoms with Gasteiger partial charge in [0, 0.05) is 24.9 Å². The number of thiazole rings is 1. The van der Waals surface area contributed by atoms with E-state index in [1.54, 1.807) is 11.3 Å². The van der Waals surface area contributed by atoms with Crippen molar-refractivity contribution >= 4 is 11.3 Å². The van der Waals surface area contributed by atoms with Crippen LogP contribution in [0.2, 0.25) is 0 Å². The van der Waals surface area contributed by atoms with Crippen LogP contribution in [0.5, 0.6) is 0 Å². The summed E-state index contributed by atoms with van der Waals surface area (Å²) in [5.41, 5.74) is 1.10. The van der Waals surface area contributed by atoms with Crippen LogP contribution in [0.4, 0.5) is 0 Å². The van der Waals surface area contributed by atoms with Gasteiger partial charge in [-0.05, 0) is 20.3 Å². The molecule has 0 radical (unpaired) electrons. The molecule has 6 heteroatoms. The second-order valence-corrected chi connectivity index (χ2v) is 5.75. The Morgan fingerprint density at radius 3 is 3.17 bits per heavy atom. The van der Waals surface area contributed by atoms with E-state index in [9.17, 15) is 0 Å². The van der Waals surface area contributed by atoms with E-state index < -0.39 is 0 Å². The van der Waals surface area contributed by atoms with Gasteiger partial charge < -0.3 is 9.88 Å². The zero-order valence-corrected chi connectivity index (χ0v) is 11.5. The minimum absolute atomic E-state index is 0.214. The monoisotopic (exact) mass is 263 g/mol. The topological polar surface area (TPSA) is 55.6 Å². The van der Waals surface area contributed by atoms with Gasteiger partial charge in [0.15, 0.2) is 0 Å². The number of hydrogen-bond donors (Lipinski definition) is 1. The molecule has 0 saturated carbocycles. The lowest BCUT2D eigenvalue weighted by molar-refractivity contribution is 0.512. The molecule has 0 aliphatic carbocycles. The van der Waals surface area contributed by atoms with Gasteiger partial charge in [0.25, 0.3) is 0 Å². The van der Waals surface area contributed by atoms with E-state index in [0.29, 0.717) is 0 Å². The molecule has 1 N–H and O–H groups in total. The molecule has 1 atom stereocenters. The van der Waals surface area contributed by atoms with Crippen molar-refractivity contribution in [3.05, 3.63) is 27.7 Å². The van der Waals surface area contributed by atoms with Gasteiger partial charge in [-0.15, -0.1) is 21.5 Å². The maximum absolute atomic E-state index is 4.45. The van der Waals surface area contributed by atoms with Gasteiger partial charge in [-0.3, -0.25) is 0 Å². The summed E-state index contributed by atoms with van der Waals surface area (Å²) in [7, 11) is 0. The summed E-state index contributed by atoms with van der Waals surface area (Å²) in [6, 6.07) is 0.214. The fraction of sp³-hybridized carbons (Fsp3) is 0.583. The Morgan fingerprint density at radius 2 is 2.39 bits per heavy atom. The summed E-state index contributed by atoms with van der Waals surface area (Å²) < 4.78 is 2.24. The summed E-state index contributed by atoms with van der Waals surface area (Å²) in [4.78, 5) is 4.45. The molecule has 0 spiro atoms. The molecule has 1 aliphatic heterocycles. The van der Waals surface area contributed by atoms with Gasteiger partial charge in [-0.2, -0.15) is 0 Å². The molecule has 0 saturated heterocycles. The average molecular weight is 263 g/mol. The van der Waals surface area contributed by atoms with E-state index in [1.807, 2.05) is 6.92 Å². The summed E-state index contributed by atoms with van der Waals surface area (Å²) in [5.74, 6) is 2.18. The summed E-state index contributed by atoms with van der Waals surface area (Å²) >= 11 is 1.69. The third-order valence-electron chi connectivity index (χ3n) is 3.28. The molecule has 5 nitrogen and oxygen atoms in total. The van der Waals surface area contributed by atoms with Gasteiger partial charge in [-0.1, -0.05) is 0 Å². The first kappa shape index (κ1) is 11.8. The minimum Gasteiger partial charge on any atom is -0.314 e. The van der Waals surface area contributed by atoms with Crippen molar-refractivity contribution in [3.8, 4) is 0 Å². The third kappa shape index (κ3) is 2.18. The smallest absolute Gasteiger partial charge is 0.149 e. The van der Waals surface area contributed by atoms with E-state index in [-0.39, 0.29) is 6.04 Å². The molecule has 0 bridgehead atoms. The Hall–Kier alpha value is -1.27. The first-order chi connectivity index (χ1) is 8.74. The minimum atomic E-state index is 0.214. The summed E-state index contributed by atoms with van der Waals surface area (Å²) in [6.07, 6.45) is 2.25. The van der Waals surface area contributed by atoms with Gasteiger partial charge in [0.1, 0.15) is 11.6 Å². The van der Waals surface area contributed by atoms with Crippen LogP contribution in [0, 0.1) is 6.92 Å². The number of aryl methyl sites for hydroxylation is 2. The number of aromatic nitrogens is 4. The number of hydrogen-bond acceptors (Lipinski definition) is 5. The molecule has 3 rings (SSSR count). The Balaban J connectivity index is 1.66. The zero-order valence-electron chi connectivity index (χ0n) is 10.7. The van der Waals surface area contributed by atoms with Crippen molar-refractivity contribution < 1.29 is 0 Å². The molecule has 2 aromatic rings. The molecule has 1 aliphatic rings. The third-order valence-corrected chi connectivity index (χ3v) is 4.10. The molecular weight excluding hydrogens is 246 g/mol. The van der Waals surface area contributed by atoms with Crippen LogP contribution < -0.4 is 5.32 Å². The fourth-order valence-corrected chi connectivity index (χ4v) is 2.94. The Bertz CT molecular complexity index is 544. The Morgan fingerprint density at radius 1 is 1.50 bits per heavy atom. The van der Waals surface area contributed by atoms with Gasteiger partial charge >= 0.3 is 0 Å². The Kier molecular flexibility index (Phi) is 3.13. The summed E-state index contributed by atoms with van der Waals surface area (Å²) in [5, 5.41) is 15.2. The predicted molar refractivity (Wildman–Crippen MR) is 70.4 cm³/mol. The molecule has 3 heterocycles.